The van der Waals surface area contributed by atoms with Gasteiger partial charge in [-0.25, -0.2) is 17.7 Å². The lowest BCUT2D eigenvalue weighted by Gasteiger charge is -2.26. The van der Waals surface area contributed by atoms with Gasteiger partial charge in [0.2, 0.25) is 21.8 Å². The van der Waals surface area contributed by atoms with Crippen LogP contribution in [0, 0.1) is 6.92 Å². The molecule has 1 fully saturated rings. The van der Waals surface area contributed by atoms with E-state index in [1.165, 1.54) is 18.4 Å². The Hall–Kier alpha value is -2.79. The van der Waals surface area contributed by atoms with E-state index in [1.807, 2.05) is 11.5 Å². The lowest BCUT2D eigenvalue weighted by atomic mass is 9.96. The van der Waals surface area contributed by atoms with Crippen molar-refractivity contribution in [3.63, 3.8) is 0 Å². The molecule has 0 bridgehead atoms. The average Bonchev–Trinajstić information content (AvgIpc) is 3.50. The van der Waals surface area contributed by atoms with Gasteiger partial charge in [-0.05, 0) is 38.0 Å². The van der Waals surface area contributed by atoms with Crippen LogP contribution in [0.4, 0.5) is 0 Å². The van der Waals surface area contributed by atoms with Crippen molar-refractivity contribution in [3.8, 4) is 0 Å². The minimum Gasteiger partial charge on any atom is -0.343 e. The quantitative estimate of drug-likeness (QED) is 0.532. The van der Waals surface area contributed by atoms with Crippen LogP contribution in [0.25, 0.3) is 11.0 Å². The Kier molecular flexibility index (Phi) is 6.28. The van der Waals surface area contributed by atoms with Gasteiger partial charge in [-0.15, -0.1) is 0 Å². The highest BCUT2D eigenvalue weighted by molar-refractivity contribution is 7.89. The summed E-state index contributed by atoms with van der Waals surface area (Å²) in [5, 5.41) is 7.23. The second-order valence-corrected chi connectivity index (χ2v) is 10.8. The predicted octanol–water partition coefficient (Wildman–Crippen LogP) is 2.52. The van der Waals surface area contributed by atoms with Crippen molar-refractivity contribution in [2.75, 3.05) is 14.1 Å². The molecule has 0 radical (unpaired) electrons. The van der Waals surface area contributed by atoms with E-state index in [4.69, 9.17) is 4.52 Å². The number of nitrogens with zero attached hydrogens (tertiary/aromatic N) is 5. The number of carbonyl (C=O) groups excluding carboxylic acids is 1. The van der Waals surface area contributed by atoms with Crippen molar-refractivity contribution >= 4 is 27.0 Å². The van der Waals surface area contributed by atoms with Crippen LogP contribution in [0.1, 0.15) is 56.6 Å². The fourth-order valence-electron chi connectivity index (χ4n) is 4.51. The number of nitrogens with one attached hydrogen (secondary N) is 1. The molecule has 1 saturated carbocycles. The normalized spacial score (nSPS) is 16.0. The predicted molar refractivity (Wildman–Crippen MR) is 122 cm³/mol. The molecule has 4 rings (SSSR count). The van der Waals surface area contributed by atoms with Gasteiger partial charge >= 0.3 is 0 Å². The molecule has 1 amide bonds. The fraction of sp³-hybridized carbons (Fsp3) is 0.545. The number of hydrogen-bond donors (Lipinski definition) is 1. The van der Waals surface area contributed by atoms with Crippen molar-refractivity contribution in [1.29, 1.82) is 0 Å². The minimum atomic E-state index is -3.55. The van der Waals surface area contributed by atoms with E-state index < -0.39 is 15.6 Å². The maximum absolute atomic E-state index is 12.9. The smallest absolute Gasteiger partial charge is 0.242 e. The lowest BCUT2D eigenvalue weighted by Crippen LogP contribution is -2.44. The Morgan fingerprint density at radius 2 is 1.97 bits per heavy atom. The van der Waals surface area contributed by atoms with Crippen molar-refractivity contribution in [3.05, 3.63) is 35.7 Å². The average molecular weight is 475 g/mol. The molecule has 1 aliphatic rings. The Bertz CT molecular complexity index is 1270. The molecule has 1 aliphatic carbocycles. The van der Waals surface area contributed by atoms with E-state index in [1.54, 1.807) is 25.1 Å². The fourth-order valence-corrected chi connectivity index (χ4v) is 5.43. The van der Waals surface area contributed by atoms with E-state index in [9.17, 15) is 13.2 Å². The zero-order chi connectivity index (χ0) is 23.8. The summed E-state index contributed by atoms with van der Waals surface area (Å²) < 4.78 is 33.3. The molecule has 10 nitrogen and oxygen atoms in total. The Labute approximate surface area is 193 Å². The molecule has 2 heterocycles. The topological polar surface area (TPSA) is 123 Å². The second kappa shape index (κ2) is 8.86. The third kappa shape index (κ3) is 4.39. The number of hydrogen-bond acceptors (Lipinski definition) is 7. The molecular formula is C22H30N6O4S. The van der Waals surface area contributed by atoms with Crippen LogP contribution < -0.4 is 5.32 Å². The number of sulfonamides is 1. The number of imidazole rings is 1. The first-order valence-corrected chi connectivity index (χ1v) is 12.6. The molecule has 0 aliphatic heterocycles. The number of aryl methyl sites for hydroxylation is 3. The summed E-state index contributed by atoms with van der Waals surface area (Å²) in [6.07, 6.45) is 4.26. The van der Waals surface area contributed by atoms with Gasteiger partial charge in [0.05, 0.1) is 15.9 Å². The molecule has 0 saturated heterocycles. The standard InChI is InChI=1S/C22H30N6O4S/c1-5-28-18-9-8-16(33(30,31)27(3)4)14-17(18)24-19(28)10-11-20(29)25-22(12-6-7-13-22)21-23-15(2)32-26-21/h8-9,14H,5-7,10-13H2,1-4H3,(H,25,29). The highest BCUT2D eigenvalue weighted by Gasteiger charge is 2.41. The highest BCUT2D eigenvalue weighted by atomic mass is 32.2. The van der Waals surface area contributed by atoms with Gasteiger partial charge < -0.3 is 14.4 Å². The number of fused-ring (bicyclic) bond motifs is 1. The van der Waals surface area contributed by atoms with Gasteiger partial charge in [0, 0.05) is 40.4 Å². The van der Waals surface area contributed by atoms with E-state index in [-0.39, 0.29) is 17.2 Å². The van der Waals surface area contributed by atoms with Crippen molar-refractivity contribution in [2.45, 2.75) is 69.4 Å². The van der Waals surface area contributed by atoms with Crippen LogP contribution in [0.3, 0.4) is 0 Å². The Morgan fingerprint density at radius 3 is 2.58 bits per heavy atom. The minimum absolute atomic E-state index is 0.0927. The van der Waals surface area contributed by atoms with Gasteiger partial charge in [-0.1, -0.05) is 18.0 Å². The van der Waals surface area contributed by atoms with Crippen LogP contribution >= 0.6 is 0 Å². The van der Waals surface area contributed by atoms with Crippen LogP contribution in [0.15, 0.2) is 27.6 Å². The number of carbonyl (C=O) groups is 1. The maximum Gasteiger partial charge on any atom is 0.242 e. The summed E-state index contributed by atoms with van der Waals surface area (Å²) in [5.41, 5.74) is 0.875. The second-order valence-electron chi connectivity index (χ2n) is 8.68. The summed E-state index contributed by atoms with van der Waals surface area (Å²) in [7, 11) is -0.546. The monoisotopic (exact) mass is 474 g/mol. The summed E-state index contributed by atoms with van der Waals surface area (Å²) in [5.74, 6) is 1.68. The molecule has 0 atom stereocenters. The molecule has 33 heavy (non-hydrogen) atoms. The first-order chi connectivity index (χ1) is 15.7. The van der Waals surface area contributed by atoms with Crippen LogP contribution in [-0.4, -0.2) is 52.4 Å². The number of aromatic nitrogens is 4. The zero-order valence-corrected chi connectivity index (χ0v) is 20.3. The largest absolute Gasteiger partial charge is 0.343 e. The SMILES string of the molecule is CCn1c(CCC(=O)NC2(c3noc(C)n3)CCCC2)nc2cc(S(=O)(=O)N(C)C)ccc21. The molecule has 0 spiro atoms. The number of benzene rings is 1. The molecule has 178 valence electrons. The third-order valence-electron chi connectivity index (χ3n) is 6.26. The van der Waals surface area contributed by atoms with Crippen LogP contribution in [0.2, 0.25) is 0 Å². The zero-order valence-electron chi connectivity index (χ0n) is 19.5. The van der Waals surface area contributed by atoms with Crippen molar-refractivity contribution in [2.24, 2.45) is 0 Å². The van der Waals surface area contributed by atoms with Crippen molar-refractivity contribution in [1.82, 2.24) is 29.3 Å². The number of rotatable bonds is 8. The number of amides is 1. The molecule has 3 aromatic rings. The van der Waals surface area contributed by atoms with Gasteiger partial charge in [-0.3, -0.25) is 4.79 Å². The van der Waals surface area contributed by atoms with E-state index in [0.717, 1.165) is 37.0 Å². The van der Waals surface area contributed by atoms with E-state index in [2.05, 4.69) is 20.4 Å². The summed E-state index contributed by atoms with van der Waals surface area (Å²) in [4.78, 5) is 22.1. The van der Waals surface area contributed by atoms with Gasteiger partial charge in [0.15, 0.2) is 5.82 Å². The highest BCUT2D eigenvalue weighted by Crippen LogP contribution is 2.37. The van der Waals surface area contributed by atoms with Gasteiger partial charge in [0.1, 0.15) is 11.4 Å². The van der Waals surface area contributed by atoms with E-state index in [0.29, 0.717) is 30.2 Å². The molecule has 2 aromatic heterocycles. The Balaban J connectivity index is 1.53. The first-order valence-electron chi connectivity index (χ1n) is 11.2. The molecule has 0 unspecified atom stereocenters. The summed E-state index contributed by atoms with van der Waals surface area (Å²) in [6.45, 7) is 4.41. The summed E-state index contributed by atoms with van der Waals surface area (Å²) in [6, 6.07) is 4.96. The van der Waals surface area contributed by atoms with Crippen LogP contribution in [0.5, 0.6) is 0 Å². The van der Waals surface area contributed by atoms with Gasteiger partial charge in [0.25, 0.3) is 0 Å². The molecule has 1 N–H and O–H groups in total. The molecule has 1 aromatic carbocycles. The molecule has 11 heteroatoms. The van der Waals surface area contributed by atoms with E-state index >= 15 is 0 Å². The Morgan fingerprint density at radius 1 is 1.24 bits per heavy atom. The lowest BCUT2D eigenvalue weighted by molar-refractivity contribution is -0.123. The maximum atomic E-state index is 12.9. The first kappa shape index (κ1) is 23.4. The molecular weight excluding hydrogens is 444 g/mol. The van der Waals surface area contributed by atoms with Crippen molar-refractivity contribution < 1.29 is 17.7 Å². The summed E-state index contributed by atoms with van der Waals surface area (Å²) >= 11 is 0. The van der Waals surface area contributed by atoms with Gasteiger partial charge in [-0.2, -0.15) is 4.98 Å². The third-order valence-corrected chi connectivity index (χ3v) is 8.07. The van der Waals surface area contributed by atoms with Crippen LogP contribution in [-0.2, 0) is 33.3 Å².